The lowest BCUT2D eigenvalue weighted by atomic mass is 9.89. The van der Waals surface area contributed by atoms with Crippen LogP contribution in [-0.4, -0.2) is 21.5 Å². The number of nitrogens with one attached hydrogen (secondary N) is 3. The lowest BCUT2D eigenvalue weighted by Crippen LogP contribution is -2.19. The second kappa shape index (κ2) is 10.9. The fraction of sp³-hybridized carbons (Fsp3) is 0.423. The van der Waals surface area contributed by atoms with E-state index >= 15 is 0 Å². The zero-order valence-corrected chi connectivity index (χ0v) is 19.2. The first-order valence-electron chi connectivity index (χ1n) is 11.7. The van der Waals surface area contributed by atoms with Gasteiger partial charge in [0.2, 0.25) is 17.8 Å². The van der Waals surface area contributed by atoms with Gasteiger partial charge in [-0.05, 0) is 54.9 Å². The van der Waals surface area contributed by atoms with Gasteiger partial charge in [-0.15, -0.1) is 0 Å². The van der Waals surface area contributed by atoms with E-state index < -0.39 is 0 Å². The summed E-state index contributed by atoms with van der Waals surface area (Å²) in [7, 11) is 0. The van der Waals surface area contributed by atoms with Crippen LogP contribution in [0, 0.1) is 19.8 Å². The number of anilines is 3. The van der Waals surface area contributed by atoms with Crippen LogP contribution < -0.4 is 16.0 Å². The highest BCUT2D eigenvalue weighted by Gasteiger charge is 2.14. The Morgan fingerprint density at radius 2 is 1.38 bits per heavy atom. The lowest BCUT2D eigenvalue weighted by molar-refractivity contribution is 0.373. The van der Waals surface area contributed by atoms with Crippen LogP contribution in [0.4, 0.5) is 17.8 Å². The Bertz CT molecular complexity index is 998. The summed E-state index contributed by atoms with van der Waals surface area (Å²) < 4.78 is 0. The smallest absolute Gasteiger partial charge is 0.229 e. The number of nitrogens with zero attached hydrogens (tertiary/aromatic N) is 3. The third-order valence-electron chi connectivity index (χ3n) is 6.36. The quantitative estimate of drug-likeness (QED) is 0.404. The van der Waals surface area contributed by atoms with Gasteiger partial charge in [0.05, 0.1) is 0 Å². The van der Waals surface area contributed by atoms with Crippen molar-refractivity contribution in [1.29, 1.82) is 0 Å². The van der Waals surface area contributed by atoms with E-state index in [9.17, 15) is 0 Å². The number of hydrogen-bond acceptors (Lipinski definition) is 6. The Hall–Kier alpha value is -3.15. The van der Waals surface area contributed by atoms with Gasteiger partial charge in [-0.25, -0.2) is 0 Å². The molecule has 0 atom stereocenters. The predicted molar refractivity (Wildman–Crippen MR) is 132 cm³/mol. The van der Waals surface area contributed by atoms with Crippen molar-refractivity contribution in [2.24, 2.45) is 5.92 Å². The third kappa shape index (κ3) is 6.19. The molecule has 4 rings (SSSR count). The van der Waals surface area contributed by atoms with Crippen molar-refractivity contribution in [1.82, 2.24) is 15.0 Å². The number of hydrogen-bond donors (Lipinski definition) is 3. The van der Waals surface area contributed by atoms with E-state index in [1.807, 2.05) is 18.2 Å². The normalized spacial score (nSPS) is 14.2. The Balaban J connectivity index is 1.47. The van der Waals surface area contributed by atoms with Gasteiger partial charge in [-0.3, -0.25) is 0 Å². The van der Waals surface area contributed by atoms with Crippen molar-refractivity contribution in [3.63, 3.8) is 0 Å². The number of rotatable bonds is 9. The molecule has 0 amide bonds. The number of aromatic nitrogens is 3. The molecule has 2 aromatic carbocycles. The highest BCUT2D eigenvalue weighted by molar-refractivity contribution is 5.44. The molecule has 6 heteroatoms. The number of benzene rings is 2. The highest BCUT2D eigenvalue weighted by Crippen LogP contribution is 2.24. The summed E-state index contributed by atoms with van der Waals surface area (Å²) in [6, 6.07) is 16.7. The minimum absolute atomic E-state index is 0.582. The molecule has 1 heterocycles. The van der Waals surface area contributed by atoms with Crippen LogP contribution in [0.15, 0.2) is 48.5 Å². The van der Waals surface area contributed by atoms with E-state index in [4.69, 9.17) is 0 Å². The van der Waals surface area contributed by atoms with Gasteiger partial charge in [0.25, 0.3) is 0 Å². The van der Waals surface area contributed by atoms with Gasteiger partial charge in [-0.1, -0.05) is 67.8 Å². The fourth-order valence-corrected chi connectivity index (χ4v) is 4.19. The molecule has 0 saturated heterocycles. The molecule has 0 spiro atoms. The molecule has 0 radical (unpaired) electrons. The zero-order valence-electron chi connectivity index (χ0n) is 19.2. The van der Waals surface area contributed by atoms with Crippen molar-refractivity contribution in [3.8, 4) is 0 Å². The van der Waals surface area contributed by atoms with Crippen molar-refractivity contribution in [2.45, 2.75) is 59.0 Å². The fourth-order valence-electron chi connectivity index (χ4n) is 4.19. The monoisotopic (exact) mass is 430 g/mol. The van der Waals surface area contributed by atoms with E-state index in [1.165, 1.54) is 54.4 Å². The summed E-state index contributed by atoms with van der Waals surface area (Å²) in [6.07, 6.45) is 6.60. The molecule has 1 aliphatic rings. The molecule has 0 unspecified atom stereocenters. The molecule has 6 nitrogen and oxygen atoms in total. The maximum atomic E-state index is 4.66. The summed E-state index contributed by atoms with van der Waals surface area (Å²) >= 11 is 0. The van der Waals surface area contributed by atoms with Crippen molar-refractivity contribution in [3.05, 3.63) is 70.8 Å². The largest absolute Gasteiger partial charge is 0.354 e. The average molecular weight is 431 g/mol. The van der Waals surface area contributed by atoms with Gasteiger partial charge in [-0.2, -0.15) is 15.0 Å². The maximum Gasteiger partial charge on any atom is 0.229 e. The molecule has 0 aliphatic heterocycles. The topological polar surface area (TPSA) is 74.8 Å². The first kappa shape index (κ1) is 22.1. The van der Waals surface area contributed by atoms with Gasteiger partial charge in [0.1, 0.15) is 0 Å². The Morgan fingerprint density at radius 1 is 0.719 bits per heavy atom. The van der Waals surface area contributed by atoms with Gasteiger partial charge in [0, 0.05) is 19.6 Å². The Labute approximate surface area is 191 Å². The van der Waals surface area contributed by atoms with E-state index in [1.54, 1.807) is 0 Å². The molecule has 3 N–H and O–H groups in total. The summed E-state index contributed by atoms with van der Waals surface area (Å²) in [5.41, 5.74) is 5.03. The van der Waals surface area contributed by atoms with E-state index in [0.29, 0.717) is 36.9 Å². The van der Waals surface area contributed by atoms with Crippen LogP contribution >= 0.6 is 0 Å². The molecule has 3 aromatic rings. The van der Waals surface area contributed by atoms with Gasteiger partial charge >= 0.3 is 0 Å². The molecule has 168 valence electrons. The van der Waals surface area contributed by atoms with Crippen LogP contribution in [0.25, 0.3) is 0 Å². The number of aryl methyl sites for hydroxylation is 1. The molecule has 1 aliphatic carbocycles. The molecule has 0 bridgehead atoms. The van der Waals surface area contributed by atoms with Crippen LogP contribution in [0.5, 0.6) is 0 Å². The first-order chi connectivity index (χ1) is 15.7. The van der Waals surface area contributed by atoms with Crippen LogP contribution in [0.3, 0.4) is 0 Å². The molecular formula is C26H34N6. The molecular weight excluding hydrogens is 396 g/mol. The summed E-state index contributed by atoms with van der Waals surface area (Å²) in [5.74, 6) is 2.50. The second-order valence-electron chi connectivity index (χ2n) is 8.74. The highest BCUT2D eigenvalue weighted by atomic mass is 15.3. The molecule has 1 fully saturated rings. The van der Waals surface area contributed by atoms with Gasteiger partial charge in [0.15, 0.2) is 0 Å². The lowest BCUT2D eigenvalue weighted by Gasteiger charge is -2.22. The molecule has 1 saturated carbocycles. The van der Waals surface area contributed by atoms with Gasteiger partial charge < -0.3 is 16.0 Å². The summed E-state index contributed by atoms with van der Waals surface area (Å²) in [6.45, 7) is 6.56. The van der Waals surface area contributed by atoms with Crippen molar-refractivity contribution < 1.29 is 0 Å². The second-order valence-corrected chi connectivity index (χ2v) is 8.74. The Morgan fingerprint density at radius 3 is 2.09 bits per heavy atom. The predicted octanol–water partition coefficient (Wildman–Crippen LogP) is 5.70. The minimum atomic E-state index is 0.582. The van der Waals surface area contributed by atoms with Crippen LogP contribution in [-0.2, 0) is 13.1 Å². The SMILES string of the molecule is Cc1cccc(CNc2nc(NCc3ccccc3)nc(NCC3CCCCC3)n2)c1C. The molecule has 1 aromatic heterocycles. The maximum absolute atomic E-state index is 4.66. The van der Waals surface area contributed by atoms with Crippen LogP contribution in [0.1, 0.15) is 54.4 Å². The van der Waals surface area contributed by atoms with Crippen molar-refractivity contribution >= 4 is 17.8 Å². The first-order valence-corrected chi connectivity index (χ1v) is 11.7. The summed E-state index contributed by atoms with van der Waals surface area (Å²) in [5, 5.41) is 10.2. The van der Waals surface area contributed by atoms with E-state index in [2.05, 4.69) is 75.1 Å². The van der Waals surface area contributed by atoms with E-state index in [-0.39, 0.29) is 0 Å². The standard InChI is InChI=1S/C26H34N6/c1-19-10-9-15-23(20(19)2)18-29-26-31-24(27-16-21-11-5-3-6-12-21)30-25(32-26)28-17-22-13-7-4-8-14-22/h3,5-6,9-12,15,22H,4,7-8,13-14,16-18H2,1-2H3,(H3,27,28,29,30,31,32). The third-order valence-corrected chi connectivity index (χ3v) is 6.36. The summed E-state index contributed by atoms with van der Waals surface area (Å²) in [4.78, 5) is 13.9. The minimum Gasteiger partial charge on any atom is -0.354 e. The average Bonchev–Trinajstić information content (AvgIpc) is 2.84. The Kier molecular flexibility index (Phi) is 7.54. The van der Waals surface area contributed by atoms with E-state index in [0.717, 1.165) is 6.54 Å². The molecule has 32 heavy (non-hydrogen) atoms. The zero-order chi connectivity index (χ0) is 22.2. The van der Waals surface area contributed by atoms with Crippen LogP contribution in [0.2, 0.25) is 0 Å². The van der Waals surface area contributed by atoms with Crippen molar-refractivity contribution in [2.75, 3.05) is 22.5 Å².